The van der Waals surface area contributed by atoms with Crippen LogP contribution in [-0.4, -0.2) is 19.0 Å². The highest BCUT2D eigenvalue weighted by atomic mass is 35.5. The molecule has 0 saturated heterocycles. The van der Waals surface area contributed by atoms with Crippen molar-refractivity contribution in [2.75, 3.05) is 7.11 Å². The highest BCUT2D eigenvalue weighted by Gasteiger charge is 2.11. The Labute approximate surface area is 106 Å². The minimum absolute atomic E-state index is 0.0569. The van der Waals surface area contributed by atoms with E-state index in [2.05, 4.69) is 0 Å². The van der Waals surface area contributed by atoms with Crippen LogP contribution in [0.2, 0.25) is 10.0 Å². The fourth-order valence-electron chi connectivity index (χ4n) is 1.35. The summed E-state index contributed by atoms with van der Waals surface area (Å²) in [6.45, 7) is 1.86. The molecule has 1 atom stereocenters. The first-order chi connectivity index (χ1) is 7.52. The number of ether oxygens (including phenoxy) is 1. The molecule has 1 rings (SSSR count). The summed E-state index contributed by atoms with van der Waals surface area (Å²) in [5.74, 6) is 0.110. The topological polar surface area (TPSA) is 26.3 Å². The van der Waals surface area contributed by atoms with Gasteiger partial charge in [-0.25, -0.2) is 0 Å². The molecule has 4 heteroatoms. The Morgan fingerprint density at radius 1 is 1.44 bits per heavy atom. The van der Waals surface area contributed by atoms with Gasteiger partial charge in [-0.2, -0.15) is 0 Å². The molecule has 0 fully saturated rings. The summed E-state index contributed by atoms with van der Waals surface area (Å²) in [5.41, 5.74) is 0.805. The molecular weight excluding hydrogens is 247 g/mol. The summed E-state index contributed by atoms with van der Waals surface area (Å²) < 4.78 is 5.03. The third-order valence-electron chi connectivity index (χ3n) is 2.32. The zero-order valence-electron chi connectivity index (χ0n) is 9.30. The van der Waals surface area contributed by atoms with Gasteiger partial charge in [-0.1, -0.05) is 29.3 Å². The predicted molar refractivity (Wildman–Crippen MR) is 66.3 cm³/mol. The number of carbonyl (C=O) groups excluding carboxylic acids is 1. The molecule has 1 aromatic carbocycles. The molecule has 0 amide bonds. The van der Waals surface area contributed by atoms with Gasteiger partial charge in [-0.3, -0.25) is 4.79 Å². The molecule has 0 aliphatic rings. The van der Waals surface area contributed by atoms with Crippen molar-refractivity contribution in [3.63, 3.8) is 0 Å². The van der Waals surface area contributed by atoms with Crippen molar-refractivity contribution < 1.29 is 9.53 Å². The third kappa shape index (κ3) is 4.12. The van der Waals surface area contributed by atoms with Crippen LogP contribution in [0.4, 0.5) is 0 Å². The summed E-state index contributed by atoms with van der Waals surface area (Å²) in [7, 11) is 1.59. The molecule has 0 aliphatic carbocycles. The lowest BCUT2D eigenvalue weighted by atomic mass is 10.1. The van der Waals surface area contributed by atoms with E-state index >= 15 is 0 Å². The number of methoxy groups -OCH3 is 1. The van der Waals surface area contributed by atoms with E-state index in [9.17, 15) is 4.79 Å². The second-order valence-corrected chi connectivity index (χ2v) is 4.55. The fourth-order valence-corrected chi connectivity index (χ4v) is 1.83. The number of hydrogen-bond acceptors (Lipinski definition) is 2. The smallest absolute Gasteiger partial charge is 0.139 e. The summed E-state index contributed by atoms with van der Waals surface area (Å²) in [5, 5.41) is 1.11. The minimum Gasteiger partial charge on any atom is -0.381 e. The van der Waals surface area contributed by atoms with Gasteiger partial charge in [0.25, 0.3) is 0 Å². The molecule has 0 aliphatic heterocycles. The van der Waals surface area contributed by atoms with Crippen LogP contribution < -0.4 is 0 Å². The SMILES string of the molecule is COC(C)CC(=O)Cc1ccc(Cl)cc1Cl. The average Bonchev–Trinajstić information content (AvgIpc) is 2.22. The number of halogens is 2. The van der Waals surface area contributed by atoms with Crippen LogP contribution in [-0.2, 0) is 16.0 Å². The highest BCUT2D eigenvalue weighted by Crippen LogP contribution is 2.21. The van der Waals surface area contributed by atoms with Crippen LogP contribution in [0.3, 0.4) is 0 Å². The lowest BCUT2D eigenvalue weighted by Gasteiger charge is -2.09. The van der Waals surface area contributed by atoms with E-state index < -0.39 is 0 Å². The Kier molecular flexibility index (Phi) is 5.26. The molecule has 88 valence electrons. The van der Waals surface area contributed by atoms with Gasteiger partial charge in [0.1, 0.15) is 5.78 Å². The van der Waals surface area contributed by atoms with Crippen molar-refractivity contribution >= 4 is 29.0 Å². The summed E-state index contributed by atoms with van der Waals surface area (Å²) in [6.07, 6.45) is 0.665. The van der Waals surface area contributed by atoms with Crippen LogP contribution in [0.25, 0.3) is 0 Å². The van der Waals surface area contributed by atoms with Gasteiger partial charge in [0.15, 0.2) is 0 Å². The summed E-state index contributed by atoms with van der Waals surface area (Å²) in [4.78, 5) is 11.6. The van der Waals surface area contributed by atoms with E-state index in [1.54, 1.807) is 25.3 Å². The quantitative estimate of drug-likeness (QED) is 0.810. The lowest BCUT2D eigenvalue weighted by molar-refractivity contribution is -0.120. The standard InChI is InChI=1S/C12H14Cl2O2/c1-8(16-2)5-11(15)6-9-3-4-10(13)7-12(9)14/h3-4,7-8H,5-6H2,1-2H3. The largest absolute Gasteiger partial charge is 0.381 e. The van der Waals surface area contributed by atoms with Crippen molar-refractivity contribution in [2.45, 2.75) is 25.9 Å². The Morgan fingerprint density at radius 2 is 2.12 bits per heavy atom. The molecule has 0 aromatic heterocycles. The number of Topliss-reactive ketones (excluding diaryl/α,β-unsaturated/α-hetero) is 1. The monoisotopic (exact) mass is 260 g/mol. The van der Waals surface area contributed by atoms with Gasteiger partial charge in [0, 0.05) is 30.0 Å². The predicted octanol–water partition coefficient (Wildman–Crippen LogP) is 3.53. The Bertz CT molecular complexity index is 377. The molecule has 1 unspecified atom stereocenters. The Hall–Kier alpha value is -0.570. The zero-order valence-corrected chi connectivity index (χ0v) is 10.8. The van der Waals surface area contributed by atoms with E-state index in [1.165, 1.54) is 0 Å². The normalized spacial score (nSPS) is 12.5. The number of carbonyl (C=O) groups is 1. The molecule has 16 heavy (non-hydrogen) atoms. The molecule has 1 aromatic rings. The van der Waals surface area contributed by atoms with Crippen LogP contribution in [0.15, 0.2) is 18.2 Å². The van der Waals surface area contributed by atoms with Gasteiger partial charge in [0.05, 0.1) is 6.10 Å². The second-order valence-electron chi connectivity index (χ2n) is 3.70. The third-order valence-corrected chi connectivity index (χ3v) is 2.91. The van der Waals surface area contributed by atoms with Crippen LogP contribution >= 0.6 is 23.2 Å². The fraction of sp³-hybridized carbons (Fsp3) is 0.417. The molecule has 0 spiro atoms. The van der Waals surface area contributed by atoms with Crippen LogP contribution in [0.1, 0.15) is 18.9 Å². The molecule has 0 bridgehead atoms. The van der Waals surface area contributed by atoms with Crippen LogP contribution in [0.5, 0.6) is 0 Å². The minimum atomic E-state index is -0.0569. The summed E-state index contributed by atoms with van der Waals surface area (Å²) in [6, 6.07) is 5.15. The second kappa shape index (κ2) is 6.24. The summed E-state index contributed by atoms with van der Waals surface area (Å²) >= 11 is 11.7. The lowest BCUT2D eigenvalue weighted by Crippen LogP contribution is -2.14. The molecule has 0 radical (unpaired) electrons. The molecule has 0 N–H and O–H groups in total. The maximum atomic E-state index is 11.6. The maximum absolute atomic E-state index is 11.6. The number of benzene rings is 1. The Balaban J connectivity index is 2.63. The Morgan fingerprint density at radius 3 is 2.69 bits per heavy atom. The molecule has 0 heterocycles. The van der Waals surface area contributed by atoms with Gasteiger partial charge in [-0.05, 0) is 24.6 Å². The van der Waals surface area contributed by atoms with E-state index in [0.717, 1.165) is 5.56 Å². The van der Waals surface area contributed by atoms with Gasteiger partial charge < -0.3 is 4.74 Å². The van der Waals surface area contributed by atoms with Crippen molar-refractivity contribution in [3.8, 4) is 0 Å². The van der Waals surface area contributed by atoms with Crippen molar-refractivity contribution in [1.82, 2.24) is 0 Å². The first kappa shape index (κ1) is 13.5. The zero-order chi connectivity index (χ0) is 12.1. The van der Waals surface area contributed by atoms with Crippen molar-refractivity contribution in [3.05, 3.63) is 33.8 Å². The molecule has 0 saturated carbocycles. The van der Waals surface area contributed by atoms with Crippen molar-refractivity contribution in [1.29, 1.82) is 0 Å². The number of ketones is 1. The van der Waals surface area contributed by atoms with Gasteiger partial charge >= 0.3 is 0 Å². The van der Waals surface area contributed by atoms with Gasteiger partial charge in [-0.15, -0.1) is 0 Å². The first-order valence-corrected chi connectivity index (χ1v) is 5.77. The van der Waals surface area contributed by atoms with E-state index in [-0.39, 0.29) is 11.9 Å². The molecule has 2 nitrogen and oxygen atoms in total. The number of hydrogen-bond donors (Lipinski definition) is 0. The first-order valence-electron chi connectivity index (χ1n) is 5.01. The van der Waals surface area contributed by atoms with E-state index in [0.29, 0.717) is 22.9 Å². The average molecular weight is 261 g/mol. The van der Waals surface area contributed by atoms with E-state index in [4.69, 9.17) is 27.9 Å². The van der Waals surface area contributed by atoms with Gasteiger partial charge in [0.2, 0.25) is 0 Å². The number of rotatable bonds is 5. The highest BCUT2D eigenvalue weighted by molar-refractivity contribution is 6.35. The van der Waals surface area contributed by atoms with Crippen LogP contribution in [0, 0.1) is 0 Å². The van der Waals surface area contributed by atoms with Crippen molar-refractivity contribution in [2.24, 2.45) is 0 Å². The molecular formula is C12H14Cl2O2. The maximum Gasteiger partial charge on any atom is 0.139 e. The van der Waals surface area contributed by atoms with E-state index in [1.807, 2.05) is 6.92 Å².